The predicted molar refractivity (Wildman–Crippen MR) is 82.1 cm³/mol. The third-order valence-electron chi connectivity index (χ3n) is 4.03. The van der Waals surface area contributed by atoms with Crippen LogP contribution in [0.4, 0.5) is 0 Å². The first-order valence-electron chi connectivity index (χ1n) is 6.96. The molecule has 2 rings (SSSR count). The second kappa shape index (κ2) is 6.71. The van der Waals surface area contributed by atoms with Crippen molar-refractivity contribution in [2.24, 2.45) is 0 Å². The van der Waals surface area contributed by atoms with E-state index in [9.17, 15) is 0 Å². The summed E-state index contributed by atoms with van der Waals surface area (Å²) in [4.78, 5) is 7.16. The van der Waals surface area contributed by atoms with E-state index in [1.54, 1.807) is 7.11 Å². The summed E-state index contributed by atoms with van der Waals surface area (Å²) < 4.78 is 5.49. The molecule has 0 aromatic carbocycles. The lowest BCUT2D eigenvalue weighted by Crippen LogP contribution is -2.40. The lowest BCUT2D eigenvalue weighted by molar-refractivity contribution is 0.154. The smallest absolute Gasteiger partial charge is 0.128 e. The summed E-state index contributed by atoms with van der Waals surface area (Å²) >= 11 is 3.64. The number of likely N-dealkylation sites (tertiary alicyclic amines) is 1. The number of aryl methyl sites for hydroxylation is 1. The fraction of sp³-hybridized carbons (Fsp3) is 0.667. The Morgan fingerprint density at radius 1 is 1.42 bits per heavy atom. The quantitative estimate of drug-likeness (QED) is 0.792. The molecule has 0 bridgehead atoms. The van der Waals surface area contributed by atoms with E-state index in [0.717, 1.165) is 28.9 Å². The van der Waals surface area contributed by atoms with Crippen LogP contribution >= 0.6 is 15.9 Å². The van der Waals surface area contributed by atoms with Crippen LogP contribution in [0.1, 0.15) is 36.1 Å². The standard InChI is InChI=1S/C15H23BrN2O/c1-11-9-17-14(12(2)15(11)19-3)10-18-7-5-4-6-13(18)8-16/h9,13H,4-8,10H2,1-3H3. The minimum atomic E-state index is 0.641. The average Bonchev–Trinajstić information content (AvgIpc) is 2.43. The maximum atomic E-state index is 5.49. The topological polar surface area (TPSA) is 25.4 Å². The normalized spacial score (nSPS) is 20.5. The molecule has 19 heavy (non-hydrogen) atoms. The summed E-state index contributed by atoms with van der Waals surface area (Å²) in [6.45, 7) is 6.26. The Hall–Kier alpha value is -0.610. The van der Waals surface area contributed by atoms with Crippen LogP contribution in [0.5, 0.6) is 5.75 Å². The molecule has 1 saturated heterocycles. The maximum absolute atomic E-state index is 5.49. The number of nitrogens with zero attached hydrogens (tertiary/aromatic N) is 2. The molecule has 1 aromatic rings. The number of hydrogen-bond donors (Lipinski definition) is 0. The van der Waals surface area contributed by atoms with Crippen molar-refractivity contribution in [2.75, 3.05) is 19.0 Å². The third-order valence-corrected chi connectivity index (χ3v) is 4.78. The Labute approximate surface area is 124 Å². The van der Waals surface area contributed by atoms with Gasteiger partial charge in [0.2, 0.25) is 0 Å². The van der Waals surface area contributed by atoms with E-state index in [4.69, 9.17) is 4.74 Å². The zero-order valence-corrected chi connectivity index (χ0v) is 13.7. The minimum absolute atomic E-state index is 0.641. The Balaban J connectivity index is 2.18. The number of halogens is 1. The highest BCUT2D eigenvalue weighted by Crippen LogP contribution is 2.27. The molecule has 1 fully saturated rings. The lowest BCUT2D eigenvalue weighted by Gasteiger charge is -2.34. The Bertz CT molecular complexity index is 436. The number of pyridine rings is 1. The third kappa shape index (κ3) is 3.29. The molecule has 1 aliphatic rings. The zero-order valence-electron chi connectivity index (χ0n) is 12.1. The fourth-order valence-corrected chi connectivity index (χ4v) is 3.60. The molecule has 1 aromatic heterocycles. The highest BCUT2D eigenvalue weighted by molar-refractivity contribution is 9.09. The summed E-state index contributed by atoms with van der Waals surface area (Å²) in [7, 11) is 1.74. The number of piperidine rings is 1. The Morgan fingerprint density at radius 3 is 2.89 bits per heavy atom. The van der Waals surface area contributed by atoms with Crippen molar-refractivity contribution in [2.45, 2.75) is 45.7 Å². The summed E-state index contributed by atoms with van der Waals surface area (Å²) in [6.07, 6.45) is 5.85. The number of aromatic nitrogens is 1. The van der Waals surface area contributed by atoms with Gasteiger partial charge in [-0.05, 0) is 33.2 Å². The molecule has 0 radical (unpaired) electrons. The van der Waals surface area contributed by atoms with Crippen LogP contribution in [0.3, 0.4) is 0 Å². The minimum Gasteiger partial charge on any atom is -0.496 e. The highest BCUT2D eigenvalue weighted by Gasteiger charge is 2.23. The van der Waals surface area contributed by atoms with Gasteiger partial charge in [0.15, 0.2) is 0 Å². The molecule has 3 nitrogen and oxygen atoms in total. The van der Waals surface area contributed by atoms with Gasteiger partial charge < -0.3 is 4.74 Å². The molecule has 1 atom stereocenters. The van der Waals surface area contributed by atoms with Crippen molar-refractivity contribution in [1.82, 2.24) is 9.88 Å². The van der Waals surface area contributed by atoms with Gasteiger partial charge in [-0.15, -0.1) is 0 Å². The average molecular weight is 327 g/mol. The van der Waals surface area contributed by atoms with Crippen molar-refractivity contribution >= 4 is 15.9 Å². The van der Waals surface area contributed by atoms with Gasteiger partial charge in [-0.25, -0.2) is 0 Å². The molecule has 0 spiro atoms. The van der Waals surface area contributed by atoms with E-state index in [1.807, 2.05) is 13.1 Å². The molecule has 2 heterocycles. The monoisotopic (exact) mass is 326 g/mol. The van der Waals surface area contributed by atoms with Gasteiger partial charge in [0.05, 0.1) is 12.8 Å². The SMILES string of the molecule is COc1c(C)cnc(CN2CCCCC2CBr)c1C. The second-order valence-electron chi connectivity index (χ2n) is 5.32. The lowest BCUT2D eigenvalue weighted by atomic mass is 10.0. The van der Waals surface area contributed by atoms with Crippen LogP contribution in [0.15, 0.2) is 6.20 Å². The highest BCUT2D eigenvalue weighted by atomic mass is 79.9. The summed E-state index contributed by atoms with van der Waals surface area (Å²) in [5.74, 6) is 0.984. The number of hydrogen-bond acceptors (Lipinski definition) is 3. The number of ether oxygens (including phenoxy) is 1. The molecule has 0 amide bonds. The van der Waals surface area contributed by atoms with E-state index < -0.39 is 0 Å². The van der Waals surface area contributed by atoms with Gasteiger partial charge in [0, 0.05) is 35.2 Å². The van der Waals surface area contributed by atoms with E-state index in [2.05, 4.69) is 32.7 Å². The summed E-state index contributed by atoms with van der Waals surface area (Å²) in [5.41, 5.74) is 3.44. The molecular formula is C15H23BrN2O. The van der Waals surface area contributed by atoms with Crippen LogP contribution in [-0.4, -0.2) is 34.9 Å². The number of alkyl halides is 1. The van der Waals surface area contributed by atoms with Gasteiger partial charge in [0.25, 0.3) is 0 Å². The Kier molecular flexibility index (Phi) is 5.22. The first-order valence-corrected chi connectivity index (χ1v) is 8.08. The van der Waals surface area contributed by atoms with Crippen molar-refractivity contribution < 1.29 is 4.74 Å². The van der Waals surface area contributed by atoms with Gasteiger partial charge in [-0.3, -0.25) is 9.88 Å². The second-order valence-corrected chi connectivity index (χ2v) is 5.97. The van der Waals surface area contributed by atoms with Crippen LogP contribution in [0.2, 0.25) is 0 Å². The van der Waals surface area contributed by atoms with Gasteiger partial charge >= 0.3 is 0 Å². The van der Waals surface area contributed by atoms with E-state index in [-0.39, 0.29) is 0 Å². The molecule has 4 heteroatoms. The van der Waals surface area contributed by atoms with Crippen LogP contribution < -0.4 is 4.74 Å². The molecule has 0 saturated carbocycles. The molecule has 0 aliphatic carbocycles. The van der Waals surface area contributed by atoms with Crippen molar-refractivity contribution in [1.29, 1.82) is 0 Å². The van der Waals surface area contributed by atoms with Crippen molar-refractivity contribution in [3.05, 3.63) is 23.0 Å². The Morgan fingerprint density at radius 2 is 2.21 bits per heavy atom. The predicted octanol–water partition coefficient (Wildman–Crippen LogP) is 3.46. The first kappa shape index (κ1) is 14.8. The van der Waals surface area contributed by atoms with Gasteiger partial charge in [0.1, 0.15) is 5.75 Å². The molecule has 1 aliphatic heterocycles. The van der Waals surface area contributed by atoms with Crippen molar-refractivity contribution in [3.8, 4) is 5.75 Å². The molecular weight excluding hydrogens is 304 g/mol. The number of rotatable bonds is 4. The first-order chi connectivity index (χ1) is 9.17. The van der Waals surface area contributed by atoms with Crippen LogP contribution in [0, 0.1) is 13.8 Å². The summed E-state index contributed by atoms with van der Waals surface area (Å²) in [5, 5.41) is 1.05. The van der Waals surface area contributed by atoms with E-state index >= 15 is 0 Å². The molecule has 0 N–H and O–H groups in total. The van der Waals surface area contributed by atoms with Gasteiger partial charge in [-0.2, -0.15) is 0 Å². The largest absolute Gasteiger partial charge is 0.496 e. The fourth-order valence-electron chi connectivity index (χ4n) is 2.87. The molecule has 106 valence electrons. The molecule has 1 unspecified atom stereocenters. The van der Waals surface area contributed by atoms with Crippen LogP contribution in [-0.2, 0) is 6.54 Å². The maximum Gasteiger partial charge on any atom is 0.128 e. The van der Waals surface area contributed by atoms with Crippen molar-refractivity contribution in [3.63, 3.8) is 0 Å². The van der Waals surface area contributed by atoms with E-state index in [1.165, 1.54) is 31.4 Å². The zero-order chi connectivity index (χ0) is 13.8. The summed E-state index contributed by atoms with van der Waals surface area (Å²) in [6, 6.07) is 0.641. The van der Waals surface area contributed by atoms with Gasteiger partial charge in [-0.1, -0.05) is 22.4 Å². The van der Waals surface area contributed by atoms with Crippen LogP contribution in [0.25, 0.3) is 0 Å². The number of methoxy groups -OCH3 is 1. The van der Waals surface area contributed by atoms with E-state index in [0.29, 0.717) is 6.04 Å².